The van der Waals surface area contributed by atoms with Crippen molar-refractivity contribution in [1.82, 2.24) is 0 Å². The lowest BCUT2D eigenvalue weighted by molar-refractivity contribution is -0.147. The van der Waals surface area contributed by atoms with Crippen LogP contribution in [0.4, 0.5) is 13.2 Å². The van der Waals surface area contributed by atoms with Gasteiger partial charge >= 0.3 is 18.1 Å². The van der Waals surface area contributed by atoms with Crippen LogP contribution < -0.4 is 0 Å². The molecule has 72 valence electrons. The maximum absolute atomic E-state index is 10.4. The summed E-state index contributed by atoms with van der Waals surface area (Å²) in [6, 6.07) is 0. The largest absolute Gasteiger partial charge is 0.481 e. The van der Waals surface area contributed by atoms with E-state index in [1.807, 2.05) is 0 Å². The van der Waals surface area contributed by atoms with E-state index in [1.165, 1.54) is 0 Å². The van der Waals surface area contributed by atoms with Gasteiger partial charge in [-0.05, 0) is 0 Å². The minimum Gasteiger partial charge on any atom is -0.481 e. The molecule has 0 heterocycles. The van der Waals surface area contributed by atoms with Gasteiger partial charge in [-0.15, -0.1) is 0 Å². The molecule has 0 fully saturated rings. The molecule has 2 N–H and O–H groups in total. The highest BCUT2D eigenvalue weighted by Gasteiger charge is 2.15. The smallest absolute Gasteiger partial charge is 0.386 e. The van der Waals surface area contributed by atoms with Crippen molar-refractivity contribution in [2.45, 2.75) is 19.5 Å². The van der Waals surface area contributed by atoms with Crippen LogP contribution in [0, 0.1) is 0 Å². The number of rotatable bonds is 2. The standard InChI is InChI=1S/C3H4O4.C2H3F3/c4-2(5)1-3(6)7;1-2(3,4)5/h1H2,(H,4,5)(H,6,7);1H3. The van der Waals surface area contributed by atoms with Gasteiger partial charge in [0, 0.05) is 6.92 Å². The molecule has 0 aromatic heterocycles. The third-order valence-electron chi connectivity index (χ3n) is 0.302. The normalized spacial score (nSPS) is 9.67. The van der Waals surface area contributed by atoms with Crippen molar-refractivity contribution in [2.75, 3.05) is 0 Å². The van der Waals surface area contributed by atoms with Gasteiger partial charge in [0.25, 0.3) is 0 Å². The average Bonchev–Trinajstić information content (AvgIpc) is 1.52. The fourth-order valence-corrected chi connectivity index (χ4v) is 0.129. The molecule has 12 heavy (non-hydrogen) atoms. The Hall–Kier alpha value is -1.27. The zero-order valence-electron chi connectivity index (χ0n) is 6.05. The molecule has 4 nitrogen and oxygen atoms in total. The predicted molar refractivity (Wildman–Crippen MR) is 31.6 cm³/mol. The Morgan fingerprint density at radius 1 is 1.17 bits per heavy atom. The number of alkyl halides is 3. The Morgan fingerprint density at radius 2 is 1.33 bits per heavy atom. The molecular formula is C5H7F3O4. The number of aliphatic carboxylic acids is 2. The fourth-order valence-electron chi connectivity index (χ4n) is 0.129. The Kier molecular flexibility index (Phi) is 5.99. The van der Waals surface area contributed by atoms with E-state index in [4.69, 9.17) is 10.2 Å². The first-order valence-corrected chi connectivity index (χ1v) is 2.63. The van der Waals surface area contributed by atoms with E-state index in [0.717, 1.165) is 0 Å². The van der Waals surface area contributed by atoms with Crippen molar-refractivity contribution < 1.29 is 33.0 Å². The summed E-state index contributed by atoms with van der Waals surface area (Å²) in [7, 11) is 0. The summed E-state index contributed by atoms with van der Waals surface area (Å²) in [6.45, 7) is 0.188. The summed E-state index contributed by atoms with van der Waals surface area (Å²) in [5, 5.41) is 15.4. The summed E-state index contributed by atoms with van der Waals surface area (Å²) in [5.41, 5.74) is 0. The first-order chi connectivity index (χ1) is 5.13. The Morgan fingerprint density at radius 3 is 1.33 bits per heavy atom. The van der Waals surface area contributed by atoms with Crippen molar-refractivity contribution in [2.24, 2.45) is 0 Å². The molecule has 0 aromatic carbocycles. The second-order valence-corrected chi connectivity index (χ2v) is 1.75. The zero-order chi connectivity index (χ0) is 10.4. The minimum absolute atomic E-state index is 0.188. The van der Waals surface area contributed by atoms with Crippen LogP contribution in [0.1, 0.15) is 13.3 Å². The number of hydrogen-bond acceptors (Lipinski definition) is 2. The Bertz CT molecular complexity index is 145. The van der Waals surface area contributed by atoms with Gasteiger partial charge in [-0.2, -0.15) is 13.2 Å². The van der Waals surface area contributed by atoms with Crippen molar-refractivity contribution in [1.29, 1.82) is 0 Å². The van der Waals surface area contributed by atoms with Crippen LogP contribution in [0.15, 0.2) is 0 Å². The molecule has 0 bridgehead atoms. The lowest BCUT2D eigenvalue weighted by Gasteiger charge is -1.88. The van der Waals surface area contributed by atoms with Crippen LogP contribution in [-0.4, -0.2) is 28.3 Å². The topological polar surface area (TPSA) is 74.6 Å². The van der Waals surface area contributed by atoms with E-state index in [2.05, 4.69) is 0 Å². The van der Waals surface area contributed by atoms with Crippen LogP contribution in [0.25, 0.3) is 0 Å². The molecule has 7 heteroatoms. The molecule has 0 atom stereocenters. The second-order valence-electron chi connectivity index (χ2n) is 1.75. The van der Waals surface area contributed by atoms with E-state index in [1.54, 1.807) is 0 Å². The van der Waals surface area contributed by atoms with Crippen LogP contribution in [0.5, 0.6) is 0 Å². The molecule has 0 radical (unpaired) electrons. The van der Waals surface area contributed by atoms with Gasteiger partial charge in [0.15, 0.2) is 0 Å². The van der Waals surface area contributed by atoms with Crippen LogP contribution in [0.3, 0.4) is 0 Å². The molecule has 0 unspecified atom stereocenters. The Balaban J connectivity index is 0. The lowest BCUT2D eigenvalue weighted by atomic mass is 10.5. The van der Waals surface area contributed by atoms with E-state index in [9.17, 15) is 22.8 Å². The molecule has 0 rings (SSSR count). The maximum atomic E-state index is 10.4. The number of hydrogen-bond donors (Lipinski definition) is 2. The first-order valence-electron chi connectivity index (χ1n) is 2.63. The number of halogens is 3. The highest BCUT2D eigenvalue weighted by atomic mass is 19.4. The molecule has 0 aliphatic rings. The zero-order valence-corrected chi connectivity index (χ0v) is 6.05. The average molecular weight is 188 g/mol. The SMILES string of the molecule is CC(F)(F)F.O=C(O)CC(=O)O. The first kappa shape index (κ1) is 13.3. The van der Waals surface area contributed by atoms with Crippen molar-refractivity contribution in [3.63, 3.8) is 0 Å². The minimum atomic E-state index is -4.00. The molecule has 0 spiro atoms. The highest BCUT2D eigenvalue weighted by Crippen LogP contribution is 2.10. The van der Waals surface area contributed by atoms with Gasteiger partial charge in [-0.1, -0.05) is 0 Å². The summed E-state index contributed by atoms with van der Waals surface area (Å²) in [5.74, 6) is -2.62. The van der Waals surface area contributed by atoms with Gasteiger partial charge in [-0.25, -0.2) is 0 Å². The third kappa shape index (κ3) is 70.0. The van der Waals surface area contributed by atoms with E-state index in [0.29, 0.717) is 0 Å². The lowest BCUT2D eigenvalue weighted by Crippen LogP contribution is -2.03. The third-order valence-corrected chi connectivity index (χ3v) is 0.302. The van der Waals surface area contributed by atoms with E-state index >= 15 is 0 Å². The van der Waals surface area contributed by atoms with Gasteiger partial charge < -0.3 is 10.2 Å². The van der Waals surface area contributed by atoms with Crippen LogP contribution in [-0.2, 0) is 9.59 Å². The van der Waals surface area contributed by atoms with Crippen LogP contribution in [0.2, 0.25) is 0 Å². The fraction of sp³-hybridized carbons (Fsp3) is 0.600. The van der Waals surface area contributed by atoms with Gasteiger partial charge in [-0.3, -0.25) is 9.59 Å². The van der Waals surface area contributed by atoms with Crippen molar-refractivity contribution in [3.8, 4) is 0 Å². The summed E-state index contributed by atoms with van der Waals surface area (Å²) in [4.78, 5) is 18.9. The van der Waals surface area contributed by atoms with Crippen LogP contribution >= 0.6 is 0 Å². The van der Waals surface area contributed by atoms with Crippen molar-refractivity contribution in [3.05, 3.63) is 0 Å². The maximum Gasteiger partial charge on any atom is 0.386 e. The van der Waals surface area contributed by atoms with Gasteiger partial charge in [0.2, 0.25) is 0 Å². The molecule has 0 saturated carbocycles. The van der Waals surface area contributed by atoms with E-state index < -0.39 is 24.5 Å². The summed E-state index contributed by atoms with van der Waals surface area (Å²) in [6.07, 6.45) is -4.81. The monoisotopic (exact) mass is 188 g/mol. The molecule has 0 amide bonds. The number of carboxylic acids is 2. The summed E-state index contributed by atoms with van der Waals surface area (Å²) < 4.78 is 31.1. The van der Waals surface area contributed by atoms with Gasteiger partial charge in [0.1, 0.15) is 6.42 Å². The number of carboxylic acid groups (broad SMARTS) is 2. The quantitative estimate of drug-likeness (QED) is 0.636. The molecule has 0 aliphatic carbocycles. The van der Waals surface area contributed by atoms with Crippen molar-refractivity contribution >= 4 is 11.9 Å². The molecular weight excluding hydrogens is 181 g/mol. The molecule has 0 aromatic rings. The van der Waals surface area contributed by atoms with E-state index in [-0.39, 0.29) is 6.92 Å². The predicted octanol–water partition coefficient (Wildman–Crippen LogP) is 1.11. The molecule has 0 aliphatic heterocycles. The van der Waals surface area contributed by atoms with Gasteiger partial charge in [0.05, 0.1) is 0 Å². The second kappa shape index (κ2) is 5.39. The highest BCUT2D eigenvalue weighted by molar-refractivity contribution is 5.88. The Labute approximate surface area is 65.6 Å². The summed E-state index contributed by atoms with van der Waals surface area (Å²) >= 11 is 0. The number of carbonyl (C=O) groups is 2. The molecule has 0 saturated heterocycles.